The molecule has 2 rings (SSSR count). The highest BCUT2D eigenvalue weighted by Gasteiger charge is 2.34. The molecule has 11 heteroatoms. The number of fused-ring (bicyclic) bond motifs is 1. The third kappa shape index (κ3) is 4.47. The summed E-state index contributed by atoms with van der Waals surface area (Å²) < 4.78 is 40.1. The van der Waals surface area contributed by atoms with E-state index in [0.717, 1.165) is 28.4 Å². The fraction of sp³-hybridized carbons (Fsp3) is 0.500. The minimum Gasteiger partial charge on any atom is -0.337 e. The van der Waals surface area contributed by atoms with Gasteiger partial charge in [0.1, 0.15) is 5.54 Å². The quantitative estimate of drug-likeness (QED) is 0.742. The summed E-state index contributed by atoms with van der Waals surface area (Å²) in [5, 5.41) is 18.7. The Morgan fingerprint density at radius 2 is 2.00 bits per heavy atom. The van der Waals surface area contributed by atoms with E-state index in [1.165, 1.54) is 0 Å². The molecule has 0 radical (unpaired) electrons. The highest BCUT2D eigenvalue weighted by atomic mass is 35.5. The molecule has 2 aromatic heterocycles. The topological polar surface area (TPSA) is 83.1 Å². The Kier molecular flexibility index (Phi) is 5.97. The smallest absolute Gasteiger partial charge is 0.337 e. The molecule has 146 valence electrons. The van der Waals surface area contributed by atoms with Crippen LogP contribution in [0, 0.1) is 17.2 Å². The van der Waals surface area contributed by atoms with E-state index in [9.17, 15) is 23.2 Å². The van der Waals surface area contributed by atoms with Crippen molar-refractivity contribution in [2.75, 3.05) is 0 Å². The van der Waals surface area contributed by atoms with Crippen molar-refractivity contribution in [1.29, 1.82) is 5.26 Å². The second kappa shape index (κ2) is 7.56. The number of rotatable bonds is 5. The number of halogens is 4. The third-order valence-electron chi connectivity index (χ3n) is 4.18. The molecule has 2 atom stereocenters. The fourth-order valence-corrected chi connectivity index (χ4v) is 3.11. The Morgan fingerprint density at radius 3 is 2.52 bits per heavy atom. The number of carbonyl (C=O) groups is 1. The van der Waals surface area contributed by atoms with Gasteiger partial charge in [-0.2, -0.15) is 18.4 Å². The molecule has 1 amide bonds. The normalized spacial score (nSPS) is 15.4. The van der Waals surface area contributed by atoms with Gasteiger partial charge in [0.15, 0.2) is 10.8 Å². The van der Waals surface area contributed by atoms with Gasteiger partial charge in [-0.25, -0.2) is 0 Å². The number of pyridine rings is 1. The molecular weight excluding hydrogens is 403 g/mol. The molecule has 0 aliphatic heterocycles. The Bertz CT molecular complexity index is 908. The largest absolute Gasteiger partial charge is 0.417 e. The lowest BCUT2D eigenvalue weighted by atomic mass is 9.90. The molecule has 2 unspecified atom stereocenters. The molecule has 0 saturated heterocycles. The molecule has 0 spiro atoms. The number of amides is 1. The second-order valence-electron chi connectivity index (χ2n) is 6.47. The SMILES string of the molecule is CC(Sc1nnc2c(Cl)cc(C(F)(F)F)cn12)C(=O)NC(C)(C#N)C(C)C. The monoisotopic (exact) mass is 419 g/mol. The summed E-state index contributed by atoms with van der Waals surface area (Å²) in [6.45, 7) is 6.77. The van der Waals surface area contributed by atoms with Crippen LogP contribution in [0.15, 0.2) is 17.4 Å². The first-order chi connectivity index (χ1) is 12.4. The molecule has 0 aliphatic carbocycles. The van der Waals surface area contributed by atoms with E-state index in [1.807, 2.05) is 0 Å². The number of carbonyl (C=O) groups excluding carboxylic acids is 1. The van der Waals surface area contributed by atoms with Crippen LogP contribution in [-0.4, -0.2) is 31.3 Å². The summed E-state index contributed by atoms with van der Waals surface area (Å²) in [4.78, 5) is 12.4. The van der Waals surface area contributed by atoms with Gasteiger partial charge in [0.2, 0.25) is 5.91 Å². The highest BCUT2D eigenvalue weighted by molar-refractivity contribution is 8.00. The molecule has 0 saturated carbocycles. The van der Waals surface area contributed by atoms with Crippen molar-refractivity contribution >= 4 is 34.9 Å². The van der Waals surface area contributed by atoms with Gasteiger partial charge in [-0.3, -0.25) is 9.20 Å². The molecular formula is C16H17ClF3N5OS. The number of hydrogen-bond donors (Lipinski definition) is 1. The average Bonchev–Trinajstić information content (AvgIpc) is 2.97. The van der Waals surface area contributed by atoms with Gasteiger partial charge in [-0.1, -0.05) is 37.2 Å². The molecule has 0 aromatic carbocycles. The van der Waals surface area contributed by atoms with Gasteiger partial charge in [0, 0.05) is 6.20 Å². The molecule has 1 N–H and O–H groups in total. The summed E-state index contributed by atoms with van der Waals surface area (Å²) in [7, 11) is 0. The Morgan fingerprint density at radius 1 is 1.37 bits per heavy atom. The summed E-state index contributed by atoms with van der Waals surface area (Å²) in [6.07, 6.45) is -3.75. The van der Waals surface area contributed by atoms with E-state index < -0.39 is 28.4 Å². The maximum absolute atomic E-state index is 13.0. The van der Waals surface area contributed by atoms with Gasteiger partial charge in [-0.15, -0.1) is 10.2 Å². The van der Waals surface area contributed by atoms with Crippen LogP contribution in [0.25, 0.3) is 5.65 Å². The van der Waals surface area contributed by atoms with E-state index in [0.29, 0.717) is 0 Å². The van der Waals surface area contributed by atoms with E-state index in [1.54, 1.807) is 27.7 Å². The van der Waals surface area contributed by atoms with Gasteiger partial charge in [-0.05, 0) is 25.8 Å². The van der Waals surface area contributed by atoms with Gasteiger partial charge in [0.05, 0.1) is 21.9 Å². The zero-order valence-corrected chi connectivity index (χ0v) is 16.5. The summed E-state index contributed by atoms with van der Waals surface area (Å²) in [5.74, 6) is -0.571. The predicted octanol–water partition coefficient (Wildman–Crippen LogP) is 3.94. The number of alkyl halides is 3. The van der Waals surface area contributed by atoms with Gasteiger partial charge >= 0.3 is 6.18 Å². The Hall–Kier alpha value is -1.99. The number of nitriles is 1. The van der Waals surface area contributed by atoms with Crippen LogP contribution in [0.3, 0.4) is 0 Å². The average molecular weight is 420 g/mol. The van der Waals surface area contributed by atoms with Crippen molar-refractivity contribution in [1.82, 2.24) is 19.9 Å². The van der Waals surface area contributed by atoms with Crippen molar-refractivity contribution in [3.63, 3.8) is 0 Å². The van der Waals surface area contributed by atoms with Crippen LogP contribution in [0.5, 0.6) is 0 Å². The fourth-order valence-electron chi connectivity index (χ4n) is 2.04. The second-order valence-corrected chi connectivity index (χ2v) is 8.18. The maximum atomic E-state index is 13.0. The first kappa shape index (κ1) is 21.3. The minimum absolute atomic E-state index is 0.0591. The zero-order chi connectivity index (χ0) is 20.6. The van der Waals surface area contributed by atoms with Crippen LogP contribution in [-0.2, 0) is 11.0 Å². The van der Waals surface area contributed by atoms with Crippen molar-refractivity contribution in [2.45, 2.75) is 49.8 Å². The highest BCUT2D eigenvalue weighted by Crippen LogP contribution is 2.34. The van der Waals surface area contributed by atoms with Crippen LogP contribution in [0.1, 0.15) is 33.3 Å². The van der Waals surface area contributed by atoms with Crippen LogP contribution < -0.4 is 5.32 Å². The zero-order valence-electron chi connectivity index (χ0n) is 14.9. The van der Waals surface area contributed by atoms with Crippen molar-refractivity contribution in [3.8, 4) is 6.07 Å². The predicted molar refractivity (Wildman–Crippen MR) is 95.3 cm³/mol. The number of thioether (sulfide) groups is 1. The number of nitrogens with one attached hydrogen (secondary N) is 1. The molecule has 6 nitrogen and oxygen atoms in total. The van der Waals surface area contributed by atoms with E-state index >= 15 is 0 Å². The molecule has 2 aromatic rings. The van der Waals surface area contributed by atoms with E-state index in [4.69, 9.17) is 11.6 Å². The minimum atomic E-state index is -4.58. The van der Waals surface area contributed by atoms with Crippen molar-refractivity contribution in [3.05, 3.63) is 22.8 Å². The van der Waals surface area contributed by atoms with Crippen LogP contribution >= 0.6 is 23.4 Å². The first-order valence-electron chi connectivity index (χ1n) is 7.90. The third-order valence-corrected chi connectivity index (χ3v) is 5.51. The van der Waals surface area contributed by atoms with Crippen LogP contribution in [0.4, 0.5) is 13.2 Å². The lowest BCUT2D eigenvalue weighted by Gasteiger charge is -2.28. The lowest BCUT2D eigenvalue weighted by molar-refractivity contribution is -0.137. The van der Waals surface area contributed by atoms with Gasteiger partial charge < -0.3 is 5.32 Å². The number of aromatic nitrogens is 3. The molecule has 2 heterocycles. The lowest BCUT2D eigenvalue weighted by Crippen LogP contribution is -2.51. The Labute approximate surface area is 163 Å². The van der Waals surface area contributed by atoms with E-state index in [2.05, 4.69) is 21.6 Å². The van der Waals surface area contributed by atoms with Gasteiger partial charge in [0.25, 0.3) is 0 Å². The van der Waals surface area contributed by atoms with Crippen molar-refractivity contribution < 1.29 is 18.0 Å². The number of nitrogens with zero attached hydrogens (tertiary/aromatic N) is 4. The van der Waals surface area contributed by atoms with E-state index in [-0.39, 0.29) is 21.7 Å². The summed E-state index contributed by atoms with van der Waals surface area (Å²) in [5.41, 5.74) is -1.95. The standard InChI is InChI=1S/C16H17ClF3N5OS/c1-8(2)15(4,7-21)22-13(26)9(3)27-14-24-23-12-11(17)5-10(6-25(12)14)16(18,19)20/h5-6,8-9H,1-4H3,(H,22,26). The Balaban J connectivity index is 2.29. The summed E-state index contributed by atoms with van der Waals surface area (Å²) >= 11 is 6.79. The molecule has 0 aliphatic rings. The number of hydrogen-bond acceptors (Lipinski definition) is 5. The molecule has 0 bridgehead atoms. The van der Waals surface area contributed by atoms with Crippen LogP contribution in [0.2, 0.25) is 5.02 Å². The molecule has 27 heavy (non-hydrogen) atoms. The molecule has 0 fully saturated rings. The maximum Gasteiger partial charge on any atom is 0.417 e. The first-order valence-corrected chi connectivity index (χ1v) is 9.16. The summed E-state index contributed by atoms with van der Waals surface area (Å²) in [6, 6.07) is 2.84. The van der Waals surface area contributed by atoms with Crippen molar-refractivity contribution in [2.24, 2.45) is 5.92 Å².